The van der Waals surface area contributed by atoms with Crippen molar-refractivity contribution >= 4 is 17.9 Å². The SMILES string of the molecule is CNCC(O)c1ccc(O)c(O)c1.O=C(O)CC(O)(CC(=O)O)C(=O)O. The van der Waals surface area contributed by atoms with E-state index in [2.05, 4.69) is 5.32 Å². The highest BCUT2D eigenvalue weighted by atomic mass is 16.4. The minimum Gasteiger partial charge on any atom is -0.504 e. The number of carbonyl (C=O) groups is 3. The largest absolute Gasteiger partial charge is 0.504 e. The average Bonchev–Trinajstić information content (AvgIpc) is 2.49. The third-order valence-electron chi connectivity index (χ3n) is 3.07. The van der Waals surface area contributed by atoms with Crippen molar-refractivity contribution in [2.45, 2.75) is 24.5 Å². The summed E-state index contributed by atoms with van der Waals surface area (Å²) < 4.78 is 0. The van der Waals surface area contributed by atoms with Crippen molar-refractivity contribution in [2.75, 3.05) is 13.6 Å². The molecule has 1 rings (SSSR count). The van der Waals surface area contributed by atoms with E-state index in [1.54, 1.807) is 13.1 Å². The summed E-state index contributed by atoms with van der Waals surface area (Å²) in [6, 6.07) is 4.26. The molecule has 0 bridgehead atoms. The molecule has 11 heteroatoms. The van der Waals surface area contributed by atoms with Gasteiger partial charge in [-0.1, -0.05) is 6.07 Å². The molecule has 0 spiro atoms. The van der Waals surface area contributed by atoms with E-state index in [0.29, 0.717) is 12.1 Å². The number of rotatable bonds is 8. The second-order valence-corrected chi connectivity index (χ2v) is 5.30. The van der Waals surface area contributed by atoms with Gasteiger partial charge in [0.25, 0.3) is 0 Å². The van der Waals surface area contributed by atoms with Gasteiger partial charge in [-0.3, -0.25) is 9.59 Å². The zero-order valence-corrected chi connectivity index (χ0v) is 13.8. The molecule has 1 unspecified atom stereocenters. The van der Waals surface area contributed by atoms with Crippen molar-refractivity contribution in [3.8, 4) is 11.5 Å². The van der Waals surface area contributed by atoms with Gasteiger partial charge in [0.05, 0.1) is 18.9 Å². The number of phenolic OH excluding ortho intramolecular Hbond substituents is 2. The second-order valence-electron chi connectivity index (χ2n) is 5.30. The van der Waals surface area contributed by atoms with Gasteiger partial charge in [-0.15, -0.1) is 0 Å². The van der Waals surface area contributed by atoms with Crippen LogP contribution in [-0.4, -0.2) is 72.8 Å². The summed E-state index contributed by atoms with van der Waals surface area (Å²) in [5.74, 6) is -5.41. The zero-order chi connectivity index (χ0) is 20.5. The van der Waals surface area contributed by atoms with E-state index < -0.39 is 42.5 Å². The number of aliphatic hydroxyl groups excluding tert-OH is 1. The molecule has 0 radical (unpaired) electrons. The number of hydrogen-bond acceptors (Lipinski definition) is 8. The van der Waals surface area contributed by atoms with E-state index >= 15 is 0 Å². The van der Waals surface area contributed by atoms with Gasteiger partial charge < -0.3 is 41.1 Å². The van der Waals surface area contributed by atoms with E-state index in [-0.39, 0.29) is 11.5 Å². The fraction of sp³-hybridized carbons (Fsp3) is 0.400. The van der Waals surface area contributed by atoms with Crippen molar-refractivity contribution in [3.63, 3.8) is 0 Å². The van der Waals surface area contributed by atoms with Gasteiger partial charge >= 0.3 is 17.9 Å². The maximum absolute atomic E-state index is 10.3. The number of aliphatic hydroxyl groups is 2. The van der Waals surface area contributed by atoms with Crippen LogP contribution in [0.2, 0.25) is 0 Å². The van der Waals surface area contributed by atoms with Crippen molar-refractivity contribution < 1.29 is 50.1 Å². The first-order valence-corrected chi connectivity index (χ1v) is 7.16. The lowest BCUT2D eigenvalue weighted by atomic mass is 9.96. The minimum atomic E-state index is -2.74. The highest BCUT2D eigenvalue weighted by Gasteiger charge is 2.40. The maximum Gasteiger partial charge on any atom is 0.336 e. The summed E-state index contributed by atoms with van der Waals surface area (Å²) in [6.45, 7) is 0.407. The zero-order valence-electron chi connectivity index (χ0n) is 13.8. The van der Waals surface area contributed by atoms with Crippen LogP contribution in [-0.2, 0) is 14.4 Å². The predicted octanol–water partition coefficient (Wildman–Crippen LogP) is -0.898. The predicted molar refractivity (Wildman–Crippen MR) is 85.7 cm³/mol. The Labute approximate surface area is 147 Å². The van der Waals surface area contributed by atoms with Gasteiger partial charge in [-0.05, 0) is 24.7 Å². The summed E-state index contributed by atoms with van der Waals surface area (Å²) in [6.07, 6.45) is -2.96. The molecular formula is C15H21NO10. The van der Waals surface area contributed by atoms with Crippen LogP contribution >= 0.6 is 0 Å². The first kappa shape index (κ1) is 23.1. The molecule has 0 aromatic heterocycles. The lowest BCUT2D eigenvalue weighted by Gasteiger charge is -2.18. The van der Waals surface area contributed by atoms with Crippen LogP contribution in [0.4, 0.5) is 0 Å². The van der Waals surface area contributed by atoms with Crippen molar-refractivity contribution in [1.82, 2.24) is 5.32 Å². The van der Waals surface area contributed by atoms with E-state index in [9.17, 15) is 19.5 Å². The van der Waals surface area contributed by atoms with Crippen molar-refractivity contribution in [2.24, 2.45) is 0 Å². The van der Waals surface area contributed by atoms with E-state index in [1.165, 1.54) is 12.1 Å². The lowest BCUT2D eigenvalue weighted by Crippen LogP contribution is -2.42. The smallest absolute Gasteiger partial charge is 0.336 e. The monoisotopic (exact) mass is 375 g/mol. The Morgan fingerprint density at radius 1 is 1.04 bits per heavy atom. The standard InChI is InChI=1S/C9H13NO3.C6H8O7/c1-10-5-9(13)6-2-3-7(11)8(12)4-6;7-3(8)1-6(13,5(11)12)2-4(9)10/h2-4,9-13H,5H2,1H3;13H,1-2H2,(H,7,8)(H,9,10)(H,11,12). The number of phenols is 2. The van der Waals surface area contributed by atoms with Crippen LogP contribution in [0.15, 0.2) is 18.2 Å². The molecule has 8 N–H and O–H groups in total. The van der Waals surface area contributed by atoms with Gasteiger partial charge in [-0.25, -0.2) is 4.79 Å². The highest BCUT2D eigenvalue weighted by molar-refractivity contribution is 5.88. The highest BCUT2D eigenvalue weighted by Crippen LogP contribution is 2.27. The summed E-state index contributed by atoms with van der Waals surface area (Å²) in [7, 11) is 1.73. The molecule has 1 aromatic carbocycles. The molecule has 0 saturated carbocycles. The molecular weight excluding hydrogens is 354 g/mol. The Morgan fingerprint density at radius 2 is 1.54 bits per heavy atom. The molecule has 0 amide bonds. The number of carboxylic acids is 3. The molecule has 26 heavy (non-hydrogen) atoms. The normalized spacial score (nSPS) is 11.8. The minimum absolute atomic E-state index is 0.180. The molecule has 0 aliphatic carbocycles. The lowest BCUT2D eigenvalue weighted by molar-refractivity contribution is -0.170. The van der Waals surface area contributed by atoms with Crippen molar-refractivity contribution in [3.05, 3.63) is 23.8 Å². The van der Waals surface area contributed by atoms with Gasteiger partial charge in [-0.2, -0.15) is 0 Å². The molecule has 0 fully saturated rings. The quantitative estimate of drug-likeness (QED) is 0.261. The summed E-state index contributed by atoms with van der Waals surface area (Å²) in [5.41, 5.74) is -2.16. The number of aromatic hydroxyl groups is 2. The van der Waals surface area contributed by atoms with Gasteiger partial charge in [0.2, 0.25) is 0 Å². The maximum atomic E-state index is 10.3. The summed E-state index contributed by atoms with van der Waals surface area (Å²) in [5, 5.41) is 64.2. The van der Waals surface area contributed by atoms with E-state index in [4.69, 9.17) is 30.6 Å². The molecule has 0 saturated heterocycles. The summed E-state index contributed by atoms with van der Waals surface area (Å²) in [4.78, 5) is 30.5. The average molecular weight is 375 g/mol. The molecule has 11 nitrogen and oxygen atoms in total. The number of carboxylic acid groups (broad SMARTS) is 3. The number of hydrogen-bond donors (Lipinski definition) is 8. The third kappa shape index (κ3) is 7.79. The Bertz CT molecular complexity index is 629. The first-order valence-electron chi connectivity index (χ1n) is 7.16. The summed E-state index contributed by atoms with van der Waals surface area (Å²) >= 11 is 0. The Morgan fingerprint density at radius 3 is 1.88 bits per heavy atom. The van der Waals surface area contributed by atoms with Gasteiger partial charge in [0, 0.05) is 6.54 Å². The van der Waals surface area contributed by atoms with Crippen LogP contribution in [0.25, 0.3) is 0 Å². The van der Waals surface area contributed by atoms with Crippen molar-refractivity contribution in [1.29, 1.82) is 0 Å². The molecule has 0 aliphatic heterocycles. The van der Waals surface area contributed by atoms with Crippen LogP contribution in [0, 0.1) is 0 Å². The molecule has 146 valence electrons. The topological polar surface area (TPSA) is 205 Å². The molecule has 0 aliphatic rings. The van der Waals surface area contributed by atoms with Gasteiger partial charge in [0.1, 0.15) is 0 Å². The first-order chi connectivity index (χ1) is 11.9. The van der Waals surface area contributed by atoms with Crippen LogP contribution in [0.1, 0.15) is 24.5 Å². The Balaban J connectivity index is 0.000000481. The number of nitrogens with one attached hydrogen (secondary N) is 1. The number of benzene rings is 1. The van der Waals surface area contributed by atoms with Crippen LogP contribution in [0.3, 0.4) is 0 Å². The number of aliphatic carboxylic acids is 3. The van der Waals surface area contributed by atoms with E-state index in [0.717, 1.165) is 0 Å². The van der Waals surface area contributed by atoms with Crippen LogP contribution < -0.4 is 5.32 Å². The fourth-order valence-electron chi connectivity index (χ4n) is 1.77. The van der Waals surface area contributed by atoms with Gasteiger partial charge in [0.15, 0.2) is 17.1 Å². The molecule has 1 aromatic rings. The molecule has 0 heterocycles. The van der Waals surface area contributed by atoms with E-state index in [1.807, 2.05) is 0 Å². The second kappa shape index (κ2) is 10.2. The Hall–Kier alpha value is -2.89. The number of likely N-dealkylation sites (N-methyl/N-ethyl adjacent to an activating group) is 1. The van der Waals surface area contributed by atoms with Crippen LogP contribution in [0.5, 0.6) is 11.5 Å². The third-order valence-corrected chi connectivity index (χ3v) is 3.07. The fourth-order valence-corrected chi connectivity index (χ4v) is 1.77. The Kier molecular flexibility index (Phi) is 9.05. The molecule has 1 atom stereocenters.